The molecule has 2 aromatic carbocycles. The molecule has 0 spiro atoms. The quantitative estimate of drug-likeness (QED) is 0.218. The molecule has 0 saturated heterocycles. The Balaban J connectivity index is 1.58. The van der Waals surface area contributed by atoms with Crippen molar-refractivity contribution in [1.29, 1.82) is 0 Å². The number of carbonyl (C=O) groups excluding carboxylic acids is 2. The van der Waals surface area contributed by atoms with E-state index in [1.165, 1.54) is 0 Å². The number of amides is 2. The number of hydrogen-bond donors (Lipinski definition) is 2. The van der Waals surface area contributed by atoms with Gasteiger partial charge >= 0.3 is 0 Å². The van der Waals surface area contributed by atoms with E-state index in [2.05, 4.69) is 0 Å². The lowest BCUT2D eigenvalue weighted by molar-refractivity contribution is -0.129. The van der Waals surface area contributed by atoms with Gasteiger partial charge in [-0.2, -0.15) is 0 Å². The molecule has 0 unspecified atom stereocenters. The largest absolute Gasteiger partial charge is 0.493 e. The fourth-order valence-electron chi connectivity index (χ4n) is 3.88. The fraction of sp³-hybridized carbons (Fsp3) is 0.385. The van der Waals surface area contributed by atoms with Crippen LogP contribution in [0.1, 0.15) is 36.0 Å². The molecular weight excluding hydrogens is 452 g/mol. The highest BCUT2D eigenvalue weighted by Crippen LogP contribution is 2.33. The molecule has 35 heavy (non-hydrogen) atoms. The lowest BCUT2D eigenvalue weighted by Crippen LogP contribution is -2.34. The van der Waals surface area contributed by atoms with Crippen LogP contribution in [-0.4, -0.2) is 56.4 Å². The second-order valence-corrected chi connectivity index (χ2v) is 8.07. The summed E-state index contributed by atoms with van der Waals surface area (Å²) in [5.74, 6) is 2.00. The summed E-state index contributed by atoms with van der Waals surface area (Å²) in [5, 5.41) is 8.51. The molecule has 9 nitrogen and oxygen atoms in total. The molecule has 1 aliphatic rings. The number of hydroxylamine groups is 1. The second kappa shape index (κ2) is 12.7. The average molecular weight is 485 g/mol. The van der Waals surface area contributed by atoms with Gasteiger partial charge in [0.05, 0.1) is 27.9 Å². The third kappa shape index (κ3) is 6.89. The molecule has 1 aliphatic heterocycles. The van der Waals surface area contributed by atoms with Crippen molar-refractivity contribution in [3.05, 3.63) is 53.1 Å². The average Bonchev–Trinajstić information content (AvgIpc) is 2.90. The van der Waals surface area contributed by atoms with Crippen molar-refractivity contribution in [3.8, 4) is 23.0 Å². The van der Waals surface area contributed by atoms with Crippen LogP contribution in [0, 0.1) is 0 Å². The maximum Gasteiger partial charge on any atom is 0.246 e. The van der Waals surface area contributed by atoms with E-state index in [1.54, 1.807) is 56.0 Å². The predicted molar refractivity (Wildman–Crippen MR) is 130 cm³/mol. The van der Waals surface area contributed by atoms with Crippen LogP contribution in [0.3, 0.4) is 0 Å². The Bertz CT molecular complexity index is 1070. The first kappa shape index (κ1) is 25.9. The number of nitrogens with zero attached hydrogens (tertiary/aromatic N) is 1. The number of carbonyl (C=O) groups is 2. The zero-order valence-electron chi connectivity index (χ0n) is 20.3. The first-order valence-electron chi connectivity index (χ1n) is 11.4. The Hall–Kier alpha value is -3.72. The molecule has 0 atom stereocenters. The molecule has 0 saturated carbocycles. The van der Waals surface area contributed by atoms with E-state index in [-0.39, 0.29) is 12.3 Å². The molecule has 2 amide bonds. The first-order chi connectivity index (χ1) is 17.0. The Kier molecular flexibility index (Phi) is 9.37. The molecule has 0 fully saturated rings. The molecule has 0 bridgehead atoms. The van der Waals surface area contributed by atoms with Crippen molar-refractivity contribution in [2.75, 3.05) is 34.5 Å². The van der Waals surface area contributed by atoms with E-state index < -0.39 is 5.91 Å². The summed E-state index contributed by atoms with van der Waals surface area (Å²) in [5.41, 5.74) is 4.63. The van der Waals surface area contributed by atoms with Crippen LogP contribution in [0.15, 0.2) is 36.4 Å². The number of ether oxygens (including phenoxy) is 4. The van der Waals surface area contributed by atoms with Gasteiger partial charge in [-0.3, -0.25) is 14.8 Å². The summed E-state index contributed by atoms with van der Waals surface area (Å²) in [6.45, 7) is 1.55. The van der Waals surface area contributed by atoms with Crippen LogP contribution in [-0.2, 0) is 22.6 Å². The number of benzene rings is 2. The predicted octanol–water partition coefficient (Wildman–Crippen LogP) is 3.37. The van der Waals surface area contributed by atoms with Gasteiger partial charge in [-0.25, -0.2) is 5.48 Å². The molecule has 1 heterocycles. The lowest BCUT2D eigenvalue weighted by Gasteiger charge is -2.28. The summed E-state index contributed by atoms with van der Waals surface area (Å²) in [6, 6.07) is 9.36. The maximum absolute atomic E-state index is 12.8. The van der Waals surface area contributed by atoms with Crippen LogP contribution in [0.25, 0.3) is 6.08 Å². The van der Waals surface area contributed by atoms with Gasteiger partial charge in [0.2, 0.25) is 11.8 Å². The fourth-order valence-corrected chi connectivity index (χ4v) is 3.88. The summed E-state index contributed by atoms with van der Waals surface area (Å²) in [7, 11) is 4.77. The maximum atomic E-state index is 12.8. The van der Waals surface area contributed by atoms with E-state index >= 15 is 0 Å². The van der Waals surface area contributed by atoms with Crippen molar-refractivity contribution >= 4 is 17.9 Å². The van der Waals surface area contributed by atoms with Gasteiger partial charge in [0, 0.05) is 25.6 Å². The van der Waals surface area contributed by atoms with E-state index in [4.69, 9.17) is 24.2 Å². The van der Waals surface area contributed by atoms with E-state index in [0.717, 1.165) is 23.1 Å². The Morgan fingerprint density at radius 3 is 2.34 bits per heavy atom. The van der Waals surface area contributed by atoms with Crippen molar-refractivity contribution in [1.82, 2.24) is 10.4 Å². The zero-order chi connectivity index (χ0) is 25.2. The third-order valence-electron chi connectivity index (χ3n) is 5.82. The topological polar surface area (TPSA) is 107 Å². The van der Waals surface area contributed by atoms with Gasteiger partial charge < -0.3 is 23.8 Å². The van der Waals surface area contributed by atoms with Crippen LogP contribution in [0.2, 0.25) is 0 Å². The number of nitrogens with one attached hydrogen (secondary N) is 1. The van der Waals surface area contributed by atoms with Crippen LogP contribution < -0.4 is 24.4 Å². The SMILES string of the molecule is COc1cc2c(cc1OC)CN(C(=O)/C=C/c1ccc(OCCCCC(=O)NO)c(OC)c1)CC2. The van der Waals surface area contributed by atoms with E-state index in [0.29, 0.717) is 55.5 Å². The van der Waals surface area contributed by atoms with Crippen molar-refractivity contribution in [3.63, 3.8) is 0 Å². The summed E-state index contributed by atoms with van der Waals surface area (Å²) in [4.78, 5) is 25.7. The Morgan fingerprint density at radius 2 is 1.66 bits per heavy atom. The highest BCUT2D eigenvalue weighted by atomic mass is 16.5. The molecular formula is C26H32N2O7. The monoisotopic (exact) mass is 484 g/mol. The van der Waals surface area contributed by atoms with Gasteiger partial charge in [0.15, 0.2) is 23.0 Å². The van der Waals surface area contributed by atoms with Crippen molar-refractivity contribution in [2.45, 2.75) is 32.2 Å². The highest BCUT2D eigenvalue weighted by molar-refractivity contribution is 5.92. The van der Waals surface area contributed by atoms with Gasteiger partial charge in [-0.15, -0.1) is 0 Å². The number of rotatable bonds is 11. The normalized spacial score (nSPS) is 12.7. The molecule has 3 rings (SSSR count). The minimum absolute atomic E-state index is 0.0726. The Labute approximate surface area is 205 Å². The lowest BCUT2D eigenvalue weighted by atomic mass is 9.98. The number of unbranched alkanes of at least 4 members (excludes halogenated alkanes) is 1. The van der Waals surface area contributed by atoms with E-state index in [9.17, 15) is 9.59 Å². The zero-order valence-corrected chi connectivity index (χ0v) is 20.3. The molecule has 0 aromatic heterocycles. The third-order valence-corrected chi connectivity index (χ3v) is 5.82. The Morgan fingerprint density at radius 1 is 0.971 bits per heavy atom. The molecule has 2 N–H and O–H groups in total. The molecule has 9 heteroatoms. The summed E-state index contributed by atoms with van der Waals surface area (Å²) >= 11 is 0. The van der Waals surface area contributed by atoms with Gasteiger partial charge in [0.1, 0.15) is 0 Å². The van der Waals surface area contributed by atoms with Crippen LogP contribution >= 0.6 is 0 Å². The number of fused-ring (bicyclic) bond motifs is 1. The van der Waals surface area contributed by atoms with Crippen molar-refractivity contribution < 1.29 is 33.7 Å². The second-order valence-electron chi connectivity index (χ2n) is 8.07. The standard InChI is InChI=1S/C26H32N2O7/c1-32-22-14-18(7-9-21(22)35-13-5-4-6-25(29)27-31)8-10-26(30)28-12-11-19-15-23(33-2)24(34-3)16-20(19)17-28/h7-10,14-16,31H,4-6,11-13,17H2,1-3H3,(H,27,29)/b10-8+. The molecule has 2 aromatic rings. The summed E-state index contributed by atoms with van der Waals surface area (Å²) in [6.07, 6.45) is 5.56. The minimum Gasteiger partial charge on any atom is -0.493 e. The first-order valence-corrected chi connectivity index (χ1v) is 11.4. The molecule has 188 valence electrons. The number of hydrogen-bond acceptors (Lipinski definition) is 7. The van der Waals surface area contributed by atoms with Gasteiger partial charge in [0.25, 0.3) is 0 Å². The van der Waals surface area contributed by atoms with Gasteiger partial charge in [-0.05, 0) is 66.3 Å². The van der Waals surface area contributed by atoms with Crippen molar-refractivity contribution in [2.24, 2.45) is 0 Å². The van der Waals surface area contributed by atoms with E-state index in [1.807, 2.05) is 18.2 Å². The smallest absolute Gasteiger partial charge is 0.246 e. The minimum atomic E-state index is -0.415. The van der Waals surface area contributed by atoms with Crippen LogP contribution in [0.5, 0.6) is 23.0 Å². The molecule has 0 aliphatic carbocycles. The van der Waals surface area contributed by atoms with Gasteiger partial charge in [-0.1, -0.05) is 6.07 Å². The molecule has 0 radical (unpaired) electrons. The highest BCUT2D eigenvalue weighted by Gasteiger charge is 2.21. The number of methoxy groups -OCH3 is 3. The van der Waals surface area contributed by atoms with Crippen LogP contribution in [0.4, 0.5) is 0 Å². The summed E-state index contributed by atoms with van der Waals surface area (Å²) < 4.78 is 22.0.